The molecule has 69 heavy (non-hydrogen) atoms. The Morgan fingerprint density at radius 2 is 1.84 bits per heavy atom. The molecule has 6 atom stereocenters. The summed E-state index contributed by atoms with van der Waals surface area (Å²) in [4.78, 5) is 71.7. The first-order valence-corrected chi connectivity index (χ1v) is 26.8. The molecule has 5 aliphatic rings. The SMILES string of the molecule is COc1ccc2c(O[C@@H]3C[C@H]4C(=O)C[C@]5(C(=O)NS(=O)(=O)C6(C)CC6)C[C@H]5/C=C\CCCCC[C@H](Nc5cccc(C(=O)N6CCOC(C)C6)c5)C(=O)N4C3)cc(-c3nc(C(C)C)cs3)nc2c1C. The summed E-state index contributed by atoms with van der Waals surface area (Å²) in [7, 11) is -2.37. The van der Waals surface area contributed by atoms with Crippen molar-refractivity contribution in [3.05, 3.63) is 76.8 Å². The van der Waals surface area contributed by atoms with E-state index in [9.17, 15) is 18.0 Å². The molecule has 4 aromatic rings. The molecule has 15 nitrogen and oxygen atoms in total. The van der Waals surface area contributed by atoms with Gasteiger partial charge in [-0.05, 0) is 101 Å². The lowest BCUT2D eigenvalue weighted by molar-refractivity contribution is -0.139. The molecule has 2 aromatic carbocycles. The van der Waals surface area contributed by atoms with E-state index in [0.717, 1.165) is 40.9 Å². The number of anilines is 1. The van der Waals surface area contributed by atoms with E-state index >= 15 is 9.59 Å². The number of aromatic nitrogens is 2. The van der Waals surface area contributed by atoms with E-state index < -0.39 is 44.3 Å². The van der Waals surface area contributed by atoms with Crippen molar-refractivity contribution in [2.45, 2.75) is 134 Å². The van der Waals surface area contributed by atoms with Gasteiger partial charge in [-0.15, -0.1) is 11.3 Å². The Morgan fingerprint density at radius 3 is 2.58 bits per heavy atom. The Labute approximate surface area is 408 Å². The van der Waals surface area contributed by atoms with E-state index in [2.05, 4.69) is 23.9 Å². The van der Waals surface area contributed by atoms with Crippen LogP contribution in [0.4, 0.5) is 5.69 Å². The van der Waals surface area contributed by atoms with Crippen LogP contribution in [0.1, 0.15) is 119 Å². The van der Waals surface area contributed by atoms with Crippen LogP contribution in [0.25, 0.3) is 21.6 Å². The third kappa shape index (κ3) is 10.0. The second kappa shape index (κ2) is 19.4. The molecule has 4 fully saturated rings. The summed E-state index contributed by atoms with van der Waals surface area (Å²) < 4.78 is 46.6. The normalized spacial score (nSPS) is 26.6. The number of ether oxygens (including phenoxy) is 3. The van der Waals surface area contributed by atoms with Crippen molar-refractivity contribution < 1.29 is 41.8 Å². The number of nitrogens with zero attached hydrogens (tertiary/aromatic N) is 4. The number of fused-ring (bicyclic) bond motifs is 3. The molecular weight excluding hydrogens is 917 g/mol. The zero-order valence-electron chi connectivity index (χ0n) is 40.4. The summed E-state index contributed by atoms with van der Waals surface area (Å²) in [5.74, 6) is -0.357. The van der Waals surface area contributed by atoms with Crippen LogP contribution >= 0.6 is 11.3 Å². The van der Waals surface area contributed by atoms with Crippen LogP contribution in [0.2, 0.25) is 0 Å². The first kappa shape index (κ1) is 48.6. The number of Topliss-reactive ketones (excluding diaryl/α,β-unsaturated/α-hetero) is 1. The van der Waals surface area contributed by atoms with E-state index in [4.69, 9.17) is 24.2 Å². The van der Waals surface area contributed by atoms with Crippen LogP contribution in [0.5, 0.6) is 11.5 Å². The lowest BCUT2D eigenvalue weighted by Crippen LogP contribution is -2.49. The Morgan fingerprint density at radius 1 is 1.03 bits per heavy atom. The number of pyridine rings is 1. The van der Waals surface area contributed by atoms with Gasteiger partial charge in [0.15, 0.2) is 5.78 Å². The van der Waals surface area contributed by atoms with E-state index in [-0.39, 0.29) is 54.9 Å². The van der Waals surface area contributed by atoms with Crippen LogP contribution in [-0.4, -0.2) is 114 Å². The van der Waals surface area contributed by atoms with E-state index in [0.29, 0.717) is 85.8 Å². The number of aryl methyl sites for hydroxylation is 1. The number of allylic oxidation sites excluding steroid dienone is 2. The average Bonchev–Trinajstić information content (AvgIpc) is 4.10. The standard InChI is InChI=1S/C52H64N6O9S2/c1-31(2)41-30-68-47(55-41)40-25-45(38-17-18-44(65-6)33(4)46(38)54-40)67-37-24-42-43(59)27-52(50(62)56-69(63,64)51(5)19-20-51)26-35(52)14-10-8-7-9-11-16-39(49(61)58(42)29-37)53-36-15-12-13-34(23-36)48(60)57-21-22-66-32(3)28-57/h10,12-15,17-18,23,25,30-32,35,37,39,42,53H,7-9,11,16,19-22,24,26-29H2,1-6H3,(H,56,62)/b14-10-/t32?,35-,37-,39+,42+,52-/m1/s1. The first-order chi connectivity index (χ1) is 33.0. The Hall–Kier alpha value is -5.39. The summed E-state index contributed by atoms with van der Waals surface area (Å²) in [6.45, 7) is 11.2. The van der Waals surface area contributed by atoms with Gasteiger partial charge in [0.05, 0.1) is 53.8 Å². The van der Waals surface area contributed by atoms with Crippen LogP contribution in [-0.2, 0) is 29.1 Å². The number of methoxy groups -OCH3 is 1. The fourth-order valence-corrected chi connectivity index (χ4v) is 12.3. The third-order valence-electron chi connectivity index (χ3n) is 14.8. The van der Waals surface area contributed by atoms with Gasteiger partial charge in [-0.3, -0.25) is 23.9 Å². The van der Waals surface area contributed by atoms with Crippen molar-refractivity contribution in [3.8, 4) is 22.2 Å². The topological polar surface area (TPSA) is 186 Å². The van der Waals surface area contributed by atoms with Crippen molar-refractivity contribution in [3.63, 3.8) is 0 Å². The number of benzene rings is 2. The maximum Gasteiger partial charge on any atom is 0.254 e. The number of hydrogen-bond donors (Lipinski definition) is 2. The number of ketones is 1. The van der Waals surface area contributed by atoms with Crippen molar-refractivity contribution in [1.82, 2.24) is 24.5 Å². The summed E-state index contributed by atoms with van der Waals surface area (Å²) in [6.07, 6.45) is 7.97. The van der Waals surface area contributed by atoms with Crippen molar-refractivity contribution in [2.24, 2.45) is 11.3 Å². The third-order valence-corrected chi connectivity index (χ3v) is 17.9. The fraction of sp³-hybridized carbons (Fsp3) is 0.538. The van der Waals surface area contributed by atoms with Gasteiger partial charge in [0.2, 0.25) is 21.8 Å². The summed E-state index contributed by atoms with van der Waals surface area (Å²) >= 11 is 1.50. The highest BCUT2D eigenvalue weighted by atomic mass is 32.2. The molecule has 2 saturated carbocycles. The lowest BCUT2D eigenvalue weighted by Gasteiger charge is -2.31. The Kier molecular flexibility index (Phi) is 13.7. The van der Waals surface area contributed by atoms with Crippen molar-refractivity contribution >= 4 is 61.5 Å². The molecule has 3 amide bonds. The van der Waals surface area contributed by atoms with Gasteiger partial charge < -0.3 is 29.3 Å². The summed E-state index contributed by atoms with van der Waals surface area (Å²) in [5, 5.41) is 6.97. The molecule has 3 aliphatic heterocycles. The number of carbonyl (C=O) groups is 4. The van der Waals surface area contributed by atoms with Crippen molar-refractivity contribution in [2.75, 3.05) is 38.7 Å². The van der Waals surface area contributed by atoms with Gasteiger partial charge in [-0.1, -0.05) is 44.9 Å². The lowest BCUT2D eigenvalue weighted by atomic mass is 9.91. The first-order valence-electron chi connectivity index (χ1n) is 24.4. The summed E-state index contributed by atoms with van der Waals surface area (Å²) in [6, 6.07) is 11.1. The molecule has 0 radical (unpaired) electrons. The number of nitrogens with one attached hydrogen (secondary N) is 2. The van der Waals surface area contributed by atoms with Gasteiger partial charge in [-0.25, -0.2) is 18.4 Å². The molecule has 2 aliphatic carbocycles. The quantitative estimate of drug-likeness (QED) is 0.138. The smallest absolute Gasteiger partial charge is 0.254 e. The molecule has 2 aromatic heterocycles. The molecule has 17 heteroatoms. The fourth-order valence-electron chi connectivity index (χ4n) is 10.1. The maximum atomic E-state index is 15.3. The number of morpholine rings is 1. The largest absolute Gasteiger partial charge is 0.496 e. The molecule has 2 saturated heterocycles. The van der Waals surface area contributed by atoms with Gasteiger partial charge in [0.25, 0.3) is 5.91 Å². The van der Waals surface area contributed by atoms with E-state index in [1.54, 1.807) is 42.0 Å². The Balaban J connectivity index is 1.06. The number of hydrogen-bond acceptors (Lipinski definition) is 13. The minimum absolute atomic E-state index is 0.0689. The minimum Gasteiger partial charge on any atom is -0.496 e. The molecule has 0 spiro atoms. The van der Waals surface area contributed by atoms with Gasteiger partial charge in [0.1, 0.15) is 34.3 Å². The number of carbonyl (C=O) groups excluding carboxylic acids is 4. The minimum atomic E-state index is -3.98. The second-order valence-electron chi connectivity index (χ2n) is 20.3. The van der Waals surface area contributed by atoms with Gasteiger partial charge >= 0.3 is 0 Å². The second-order valence-corrected chi connectivity index (χ2v) is 23.3. The molecule has 1 unspecified atom stereocenters. The van der Waals surface area contributed by atoms with Crippen LogP contribution in [0, 0.1) is 18.3 Å². The number of amides is 3. The maximum absolute atomic E-state index is 15.3. The van der Waals surface area contributed by atoms with Crippen LogP contribution in [0.15, 0.2) is 60.0 Å². The molecule has 2 N–H and O–H groups in total. The Bertz CT molecular complexity index is 2790. The van der Waals surface area contributed by atoms with Crippen molar-refractivity contribution in [1.29, 1.82) is 0 Å². The molecular formula is C52H64N6O9S2. The van der Waals surface area contributed by atoms with Gasteiger partial charge in [-0.2, -0.15) is 0 Å². The highest BCUT2D eigenvalue weighted by Gasteiger charge is 2.62. The average molecular weight is 981 g/mol. The summed E-state index contributed by atoms with van der Waals surface area (Å²) in [5.41, 5.74) is 2.87. The number of sulfonamides is 1. The predicted molar refractivity (Wildman–Crippen MR) is 265 cm³/mol. The number of thiazole rings is 1. The highest BCUT2D eigenvalue weighted by molar-refractivity contribution is 7.91. The van der Waals surface area contributed by atoms with Gasteiger partial charge in [0, 0.05) is 59.6 Å². The van der Waals surface area contributed by atoms with Crippen LogP contribution < -0.4 is 19.5 Å². The van der Waals surface area contributed by atoms with Crippen LogP contribution in [0.3, 0.4) is 0 Å². The van der Waals surface area contributed by atoms with E-state index in [1.807, 2.05) is 55.6 Å². The van der Waals surface area contributed by atoms with E-state index in [1.165, 1.54) is 11.3 Å². The zero-order valence-corrected chi connectivity index (χ0v) is 42.0. The zero-order chi connectivity index (χ0) is 48.8. The molecule has 5 heterocycles. The molecule has 368 valence electrons. The predicted octanol–water partition coefficient (Wildman–Crippen LogP) is 7.97. The highest BCUT2D eigenvalue weighted by Crippen LogP contribution is 2.58. The molecule has 9 rings (SSSR count). The monoisotopic (exact) mass is 980 g/mol. The molecule has 0 bridgehead atoms. The number of rotatable bonds is 11.